The fraction of sp³-hybridized carbons (Fsp3) is 0.345. The summed E-state index contributed by atoms with van der Waals surface area (Å²) >= 11 is 6.13. The third kappa shape index (κ3) is 7.03. The molecule has 5 rings (SSSR count). The summed E-state index contributed by atoms with van der Waals surface area (Å²) in [6.07, 6.45) is -1.83. The van der Waals surface area contributed by atoms with Gasteiger partial charge < -0.3 is 4.74 Å². The standard InChI is InChI=1S/C29H29ClF3N5O/c30-25-14-8-22(9-15-25)19-37(20-26-7-4-18-39-26)27(23-10-12-24(13-11-23)29(31,32)33)28-34-35-36-38(28)17-16-21-5-2-1-3-6-21/h1-3,5-6,8-15,26-27H,4,7,16-20H2. The van der Waals surface area contributed by atoms with Gasteiger partial charge in [-0.25, -0.2) is 4.68 Å². The van der Waals surface area contributed by atoms with Crippen LogP contribution in [0.3, 0.4) is 0 Å². The number of aromatic nitrogens is 4. The topological polar surface area (TPSA) is 56.1 Å². The summed E-state index contributed by atoms with van der Waals surface area (Å²) in [5, 5.41) is 13.3. The van der Waals surface area contributed by atoms with Gasteiger partial charge in [0.25, 0.3) is 0 Å². The van der Waals surface area contributed by atoms with Gasteiger partial charge in [-0.15, -0.1) is 5.10 Å². The Morgan fingerprint density at radius 2 is 1.72 bits per heavy atom. The maximum Gasteiger partial charge on any atom is 0.416 e. The molecule has 4 aromatic rings. The minimum absolute atomic E-state index is 0.00268. The molecule has 2 unspecified atom stereocenters. The summed E-state index contributed by atoms with van der Waals surface area (Å²) in [5.41, 5.74) is 2.13. The Morgan fingerprint density at radius 1 is 0.974 bits per heavy atom. The van der Waals surface area contributed by atoms with E-state index in [2.05, 4.69) is 20.4 Å². The fourth-order valence-corrected chi connectivity index (χ4v) is 5.09. The molecule has 204 valence electrons. The fourth-order valence-electron chi connectivity index (χ4n) is 4.96. The number of ether oxygens (including phenoxy) is 1. The molecule has 10 heteroatoms. The third-order valence-electron chi connectivity index (χ3n) is 6.94. The van der Waals surface area contributed by atoms with Crippen LogP contribution >= 0.6 is 11.6 Å². The molecule has 0 aliphatic carbocycles. The lowest BCUT2D eigenvalue weighted by atomic mass is 10.0. The van der Waals surface area contributed by atoms with Crippen LogP contribution in [-0.2, 0) is 30.4 Å². The first kappa shape index (κ1) is 27.3. The smallest absolute Gasteiger partial charge is 0.377 e. The number of nitrogens with zero attached hydrogens (tertiary/aromatic N) is 5. The van der Waals surface area contributed by atoms with Gasteiger partial charge in [-0.2, -0.15) is 13.2 Å². The molecule has 2 heterocycles. The van der Waals surface area contributed by atoms with E-state index in [4.69, 9.17) is 16.3 Å². The van der Waals surface area contributed by atoms with Crippen molar-refractivity contribution in [3.05, 3.63) is 112 Å². The SMILES string of the molecule is FC(F)(F)c1ccc(C(c2nnnn2CCc2ccccc2)N(Cc2ccc(Cl)cc2)CC2CCCO2)cc1. The van der Waals surface area contributed by atoms with Gasteiger partial charge in [-0.1, -0.05) is 66.2 Å². The van der Waals surface area contributed by atoms with Crippen LogP contribution in [0.15, 0.2) is 78.9 Å². The molecule has 2 atom stereocenters. The molecule has 0 spiro atoms. The van der Waals surface area contributed by atoms with E-state index in [9.17, 15) is 13.2 Å². The molecule has 0 amide bonds. The first-order valence-corrected chi connectivity index (χ1v) is 13.3. The summed E-state index contributed by atoms with van der Waals surface area (Å²) in [5.74, 6) is 0.567. The minimum atomic E-state index is -4.42. The van der Waals surface area contributed by atoms with Crippen LogP contribution in [0, 0.1) is 0 Å². The van der Waals surface area contributed by atoms with Crippen molar-refractivity contribution >= 4 is 11.6 Å². The molecule has 0 N–H and O–H groups in total. The van der Waals surface area contributed by atoms with E-state index in [1.807, 2.05) is 54.6 Å². The monoisotopic (exact) mass is 555 g/mol. The molecular formula is C29H29ClF3N5O. The summed E-state index contributed by atoms with van der Waals surface area (Å²) < 4.78 is 47.9. The van der Waals surface area contributed by atoms with Crippen LogP contribution in [-0.4, -0.2) is 44.4 Å². The molecule has 3 aromatic carbocycles. The van der Waals surface area contributed by atoms with E-state index in [1.54, 1.807) is 4.68 Å². The predicted molar refractivity (Wildman–Crippen MR) is 142 cm³/mol. The Bertz CT molecular complexity index is 1320. The lowest BCUT2D eigenvalue weighted by Crippen LogP contribution is -2.37. The summed E-state index contributed by atoms with van der Waals surface area (Å²) in [7, 11) is 0. The highest BCUT2D eigenvalue weighted by atomic mass is 35.5. The number of benzene rings is 3. The Hall–Kier alpha value is -3.27. The van der Waals surface area contributed by atoms with Crippen molar-refractivity contribution in [2.75, 3.05) is 13.2 Å². The van der Waals surface area contributed by atoms with E-state index in [0.717, 1.165) is 36.1 Å². The zero-order chi connectivity index (χ0) is 27.2. The quantitative estimate of drug-likeness (QED) is 0.228. The molecule has 0 bridgehead atoms. The van der Waals surface area contributed by atoms with Gasteiger partial charge in [0.2, 0.25) is 0 Å². The van der Waals surface area contributed by atoms with Crippen molar-refractivity contribution in [3.63, 3.8) is 0 Å². The molecule has 1 aromatic heterocycles. The summed E-state index contributed by atoms with van der Waals surface area (Å²) in [6.45, 7) is 2.30. The average Bonchev–Trinajstić information content (AvgIpc) is 3.62. The molecule has 1 fully saturated rings. The predicted octanol–water partition coefficient (Wildman–Crippen LogP) is 6.36. The van der Waals surface area contributed by atoms with E-state index in [1.165, 1.54) is 12.1 Å². The van der Waals surface area contributed by atoms with Gasteiger partial charge >= 0.3 is 6.18 Å². The first-order valence-electron chi connectivity index (χ1n) is 12.9. The second kappa shape index (κ2) is 12.3. The van der Waals surface area contributed by atoms with E-state index in [0.29, 0.717) is 49.1 Å². The average molecular weight is 556 g/mol. The van der Waals surface area contributed by atoms with Crippen LogP contribution in [0.25, 0.3) is 0 Å². The van der Waals surface area contributed by atoms with Crippen molar-refractivity contribution in [1.29, 1.82) is 0 Å². The Labute approximate surface area is 230 Å². The normalized spacial score (nSPS) is 16.6. The molecule has 6 nitrogen and oxygen atoms in total. The number of rotatable bonds is 10. The molecule has 0 saturated carbocycles. The number of hydrogen-bond donors (Lipinski definition) is 0. The third-order valence-corrected chi connectivity index (χ3v) is 7.19. The molecular weight excluding hydrogens is 527 g/mol. The second-order valence-electron chi connectivity index (χ2n) is 9.71. The zero-order valence-electron chi connectivity index (χ0n) is 21.3. The zero-order valence-corrected chi connectivity index (χ0v) is 22.0. The summed E-state index contributed by atoms with van der Waals surface area (Å²) in [6, 6.07) is 22.4. The van der Waals surface area contributed by atoms with Gasteiger partial charge in [-0.3, -0.25) is 4.90 Å². The van der Waals surface area contributed by atoms with E-state index in [-0.39, 0.29) is 6.10 Å². The van der Waals surface area contributed by atoms with Crippen LogP contribution in [0.1, 0.15) is 47.0 Å². The molecule has 0 radical (unpaired) electrons. The number of hydrogen-bond acceptors (Lipinski definition) is 5. The lowest BCUT2D eigenvalue weighted by molar-refractivity contribution is -0.137. The molecule has 39 heavy (non-hydrogen) atoms. The number of halogens is 4. The van der Waals surface area contributed by atoms with Crippen molar-refractivity contribution in [2.45, 2.75) is 50.7 Å². The highest BCUT2D eigenvalue weighted by Crippen LogP contribution is 2.34. The van der Waals surface area contributed by atoms with Crippen LogP contribution in [0.5, 0.6) is 0 Å². The van der Waals surface area contributed by atoms with Gasteiger partial charge in [0.1, 0.15) is 0 Å². The van der Waals surface area contributed by atoms with Crippen molar-refractivity contribution in [2.24, 2.45) is 0 Å². The van der Waals surface area contributed by atoms with Crippen molar-refractivity contribution < 1.29 is 17.9 Å². The van der Waals surface area contributed by atoms with Gasteiger partial charge in [0.15, 0.2) is 5.82 Å². The van der Waals surface area contributed by atoms with Crippen molar-refractivity contribution in [1.82, 2.24) is 25.1 Å². The Kier molecular flexibility index (Phi) is 8.60. The molecule has 1 aliphatic heterocycles. The Morgan fingerprint density at radius 3 is 2.38 bits per heavy atom. The highest BCUT2D eigenvalue weighted by molar-refractivity contribution is 6.30. The van der Waals surface area contributed by atoms with Gasteiger partial charge in [-0.05, 0) is 70.6 Å². The van der Waals surface area contributed by atoms with Crippen LogP contribution < -0.4 is 0 Å². The molecule has 1 aliphatic rings. The van der Waals surface area contributed by atoms with Gasteiger partial charge in [0.05, 0.1) is 17.7 Å². The number of alkyl halides is 3. The van der Waals surface area contributed by atoms with Crippen molar-refractivity contribution in [3.8, 4) is 0 Å². The van der Waals surface area contributed by atoms with E-state index >= 15 is 0 Å². The highest BCUT2D eigenvalue weighted by Gasteiger charge is 2.34. The Balaban J connectivity index is 1.53. The second-order valence-corrected chi connectivity index (χ2v) is 10.1. The number of tetrazole rings is 1. The van der Waals surface area contributed by atoms with Crippen LogP contribution in [0.2, 0.25) is 5.02 Å². The lowest BCUT2D eigenvalue weighted by Gasteiger charge is -2.33. The first-order chi connectivity index (χ1) is 18.9. The van der Waals surface area contributed by atoms with E-state index < -0.39 is 17.8 Å². The minimum Gasteiger partial charge on any atom is -0.377 e. The maximum atomic E-state index is 13.4. The largest absolute Gasteiger partial charge is 0.416 e. The molecule has 1 saturated heterocycles. The maximum absolute atomic E-state index is 13.4. The summed E-state index contributed by atoms with van der Waals surface area (Å²) in [4.78, 5) is 2.19. The van der Waals surface area contributed by atoms with Crippen LogP contribution in [0.4, 0.5) is 13.2 Å². The number of aryl methyl sites for hydroxylation is 2. The van der Waals surface area contributed by atoms with Gasteiger partial charge in [0, 0.05) is 31.3 Å².